The number of hydrogen-bond acceptors (Lipinski definition) is 4. The van der Waals surface area contributed by atoms with Gasteiger partial charge in [0.15, 0.2) is 0 Å². The SMILES string of the molecule is CCNc1nc(Nc2cc(C)cc(C)c2)cc(C2CC2)n1. The van der Waals surface area contributed by atoms with Crippen molar-refractivity contribution in [3.63, 3.8) is 0 Å². The van der Waals surface area contributed by atoms with Gasteiger partial charge in [0.1, 0.15) is 5.82 Å². The second-order valence-corrected chi connectivity index (χ2v) is 5.81. The molecule has 1 aliphatic carbocycles. The van der Waals surface area contributed by atoms with Crippen LogP contribution in [0.4, 0.5) is 17.5 Å². The van der Waals surface area contributed by atoms with Crippen LogP contribution in [0.1, 0.15) is 42.5 Å². The molecule has 0 atom stereocenters. The third-order valence-electron chi connectivity index (χ3n) is 3.57. The van der Waals surface area contributed by atoms with Gasteiger partial charge in [-0.1, -0.05) is 6.07 Å². The molecule has 0 saturated heterocycles. The van der Waals surface area contributed by atoms with Gasteiger partial charge in [0.2, 0.25) is 5.95 Å². The number of benzene rings is 1. The van der Waals surface area contributed by atoms with Crippen molar-refractivity contribution < 1.29 is 0 Å². The zero-order chi connectivity index (χ0) is 14.8. The first kappa shape index (κ1) is 13.9. The normalized spacial score (nSPS) is 14.0. The fourth-order valence-electron chi connectivity index (χ4n) is 2.55. The predicted molar refractivity (Wildman–Crippen MR) is 87.4 cm³/mol. The van der Waals surface area contributed by atoms with Crippen LogP contribution in [0.2, 0.25) is 0 Å². The van der Waals surface area contributed by atoms with Gasteiger partial charge in [-0.2, -0.15) is 4.98 Å². The predicted octanol–water partition coefficient (Wildman–Crippen LogP) is 4.15. The minimum absolute atomic E-state index is 0.616. The molecule has 0 aliphatic heterocycles. The van der Waals surface area contributed by atoms with Crippen LogP contribution >= 0.6 is 0 Å². The van der Waals surface area contributed by atoms with E-state index in [9.17, 15) is 0 Å². The molecule has 1 aromatic carbocycles. The molecular weight excluding hydrogens is 260 g/mol. The van der Waals surface area contributed by atoms with E-state index in [1.165, 1.54) is 24.0 Å². The summed E-state index contributed by atoms with van der Waals surface area (Å²) in [4.78, 5) is 9.15. The van der Waals surface area contributed by atoms with Crippen LogP contribution < -0.4 is 10.6 Å². The van der Waals surface area contributed by atoms with Gasteiger partial charge in [-0.05, 0) is 56.9 Å². The summed E-state index contributed by atoms with van der Waals surface area (Å²) in [6.07, 6.45) is 2.48. The first-order valence-corrected chi connectivity index (χ1v) is 7.62. The second-order valence-electron chi connectivity index (χ2n) is 5.81. The van der Waals surface area contributed by atoms with Crippen LogP contribution in [-0.4, -0.2) is 16.5 Å². The lowest BCUT2D eigenvalue weighted by Gasteiger charge is -2.11. The fourth-order valence-corrected chi connectivity index (χ4v) is 2.55. The van der Waals surface area contributed by atoms with Crippen molar-refractivity contribution >= 4 is 17.5 Å². The monoisotopic (exact) mass is 282 g/mol. The molecule has 2 N–H and O–H groups in total. The molecule has 1 heterocycles. The minimum atomic E-state index is 0.616. The van der Waals surface area contributed by atoms with E-state index >= 15 is 0 Å². The second kappa shape index (κ2) is 5.72. The number of rotatable bonds is 5. The standard InChI is InChI=1S/C17H22N4/c1-4-18-17-20-15(13-5-6-13)10-16(21-17)19-14-8-11(2)7-12(3)9-14/h7-10,13H,4-6H2,1-3H3,(H2,18,19,20,21). The van der Waals surface area contributed by atoms with Gasteiger partial charge in [0, 0.05) is 24.2 Å². The van der Waals surface area contributed by atoms with Gasteiger partial charge < -0.3 is 10.6 Å². The summed E-state index contributed by atoms with van der Waals surface area (Å²) in [5, 5.41) is 6.63. The highest BCUT2D eigenvalue weighted by Crippen LogP contribution is 2.40. The van der Waals surface area contributed by atoms with E-state index < -0.39 is 0 Å². The van der Waals surface area contributed by atoms with Gasteiger partial charge in [-0.25, -0.2) is 4.98 Å². The Labute approximate surface area is 126 Å². The smallest absolute Gasteiger partial charge is 0.224 e. The van der Waals surface area contributed by atoms with Gasteiger partial charge in [-0.3, -0.25) is 0 Å². The van der Waals surface area contributed by atoms with E-state index in [2.05, 4.69) is 65.6 Å². The number of hydrogen-bond donors (Lipinski definition) is 2. The van der Waals surface area contributed by atoms with Crippen molar-refractivity contribution in [3.05, 3.63) is 41.1 Å². The van der Waals surface area contributed by atoms with E-state index in [1.807, 2.05) is 0 Å². The van der Waals surface area contributed by atoms with E-state index in [4.69, 9.17) is 0 Å². The maximum Gasteiger partial charge on any atom is 0.224 e. The molecule has 0 radical (unpaired) electrons. The molecule has 1 saturated carbocycles. The topological polar surface area (TPSA) is 49.8 Å². The summed E-state index contributed by atoms with van der Waals surface area (Å²) in [7, 11) is 0. The fraction of sp³-hybridized carbons (Fsp3) is 0.412. The summed E-state index contributed by atoms with van der Waals surface area (Å²) in [5.74, 6) is 2.20. The van der Waals surface area contributed by atoms with E-state index in [1.54, 1.807) is 0 Å². The van der Waals surface area contributed by atoms with Crippen LogP contribution in [0.15, 0.2) is 24.3 Å². The lowest BCUT2D eigenvalue weighted by Crippen LogP contribution is -2.06. The van der Waals surface area contributed by atoms with E-state index in [-0.39, 0.29) is 0 Å². The Bertz CT molecular complexity index is 627. The first-order valence-electron chi connectivity index (χ1n) is 7.62. The van der Waals surface area contributed by atoms with Crippen molar-refractivity contribution in [2.75, 3.05) is 17.2 Å². The molecule has 21 heavy (non-hydrogen) atoms. The third-order valence-corrected chi connectivity index (χ3v) is 3.57. The molecule has 0 amide bonds. The molecule has 1 aromatic heterocycles. The third kappa shape index (κ3) is 3.51. The van der Waals surface area contributed by atoms with Gasteiger partial charge >= 0.3 is 0 Å². The summed E-state index contributed by atoms with van der Waals surface area (Å²) in [6, 6.07) is 8.53. The van der Waals surface area contributed by atoms with Gasteiger partial charge in [0.25, 0.3) is 0 Å². The Hall–Kier alpha value is -2.10. The molecular formula is C17H22N4. The highest BCUT2D eigenvalue weighted by molar-refractivity contribution is 5.59. The molecule has 1 aliphatic rings. The zero-order valence-electron chi connectivity index (χ0n) is 12.9. The molecule has 0 unspecified atom stereocenters. The first-order chi connectivity index (χ1) is 10.1. The van der Waals surface area contributed by atoms with Crippen molar-refractivity contribution in [1.82, 2.24) is 9.97 Å². The number of nitrogens with zero attached hydrogens (tertiary/aromatic N) is 2. The molecule has 110 valence electrons. The Morgan fingerprint density at radius 3 is 2.38 bits per heavy atom. The highest BCUT2D eigenvalue weighted by Gasteiger charge is 2.26. The largest absolute Gasteiger partial charge is 0.354 e. The lowest BCUT2D eigenvalue weighted by atomic mass is 10.1. The van der Waals surface area contributed by atoms with Gasteiger partial charge in [0.05, 0.1) is 5.69 Å². The quantitative estimate of drug-likeness (QED) is 0.865. The van der Waals surface area contributed by atoms with Gasteiger partial charge in [-0.15, -0.1) is 0 Å². The maximum atomic E-state index is 4.60. The Morgan fingerprint density at radius 2 is 1.76 bits per heavy atom. The van der Waals surface area contributed by atoms with Crippen molar-refractivity contribution in [3.8, 4) is 0 Å². The Morgan fingerprint density at radius 1 is 1.05 bits per heavy atom. The number of anilines is 3. The maximum absolute atomic E-state index is 4.60. The number of aryl methyl sites for hydroxylation is 2. The van der Waals surface area contributed by atoms with Crippen LogP contribution in [0, 0.1) is 13.8 Å². The van der Waals surface area contributed by atoms with Crippen LogP contribution in [0.25, 0.3) is 0 Å². The molecule has 1 fully saturated rings. The van der Waals surface area contributed by atoms with Crippen LogP contribution in [0.3, 0.4) is 0 Å². The summed E-state index contributed by atoms with van der Waals surface area (Å²) in [5.41, 5.74) is 4.73. The van der Waals surface area contributed by atoms with Crippen LogP contribution in [0.5, 0.6) is 0 Å². The summed E-state index contributed by atoms with van der Waals surface area (Å²) < 4.78 is 0. The molecule has 2 aromatic rings. The van der Waals surface area contributed by atoms with Crippen LogP contribution in [-0.2, 0) is 0 Å². The highest BCUT2D eigenvalue weighted by atomic mass is 15.1. The molecule has 0 bridgehead atoms. The lowest BCUT2D eigenvalue weighted by molar-refractivity contribution is 0.978. The van der Waals surface area contributed by atoms with Crippen molar-refractivity contribution in [1.29, 1.82) is 0 Å². The Kier molecular flexibility index (Phi) is 3.78. The zero-order valence-corrected chi connectivity index (χ0v) is 12.9. The molecule has 4 heteroatoms. The summed E-state index contributed by atoms with van der Waals surface area (Å²) >= 11 is 0. The van der Waals surface area contributed by atoms with Crippen molar-refractivity contribution in [2.45, 2.75) is 39.5 Å². The van der Waals surface area contributed by atoms with Crippen molar-refractivity contribution in [2.24, 2.45) is 0 Å². The van der Waals surface area contributed by atoms with E-state index in [0.29, 0.717) is 11.9 Å². The molecule has 0 spiro atoms. The average molecular weight is 282 g/mol. The minimum Gasteiger partial charge on any atom is -0.354 e. The Balaban J connectivity index is 1.89. The van der Waals surface area contributed by atoms with E-state index in [0.717, 1.165) is 23.7 Å². The molecule has 4 nitrogen and oxygen atoms in total. The average Bonchev–Trinajstić information content (AvgIpc) is 3.21. The number of aromatic nitrogens is 2. The number of nitrogens with one attached hydrogen (secondary N) is 2. The summed E-state index contributed by atoms with van der Waals surface area (Å²) in [6.45, 7) is 7.11. The molecule has 3 rings (SSSR count).